The largest absolute Gasteiger partial charge is 0.374 e. The normalized spacial score (nSPS) is 12.7. The molecular weight excluding hydrogens is 376 g/mol. The fourth-order valence-electron chi connectivity index (χ4n) is 2.61. The van der Waals surface area contributed by atoms with Crippen LogP contribution < -0.4 is 5.32 Å². The number of amides is 1. The molecule has 2 aromatic rings. The van der Waals surface area contributed by atoms with Gasteiger partial charge in [-0.2, -0.15) is 4.31 Å². The van der Waals surface area contributed by atoms with Crippen LogP contribution in [0.3, 0.4) is 0 Å². The number of carbonyl (C=O) groups excluding carboxylic acids is 1. The van der Waals surface area contributed by atoms with Gasteiger partial charge in [0.2, 0.25) is 15.9 Å². The summed E-state index contributed by atoms with van der Waals surface area (Å²) in [6.07, 6.45) is 0.639. The highest BCUT2D eigenvalue weighted by Gasteiger charge is 2.22. The molecule has 0 aliphatic heterocycles. The van der Waals surface area contributed by atoms with Crippen molar-refractivity contribution >= 4 is 15.9 Å². The van der Waals surface area contributed by atoms with Crippen molar-refractivity contribution in [3.05, 3.63) is 65.7 Å². The first-order valence-electron chi connectivity index (χ1n) is 9.27. The van der Waals surface area contributed by atoms with Gasteiger partial charge in [-0.25, -0.2) is 8.42 Å². The second kappa shape index (κ2) is 10.4. The number of sulfonamides is 1. The molecule has 2 rings (SSSR count). The second-order valence-corrected chi connectivity index (χ2v) is 8.75. The maximum atomic E-state index is 12.5. The Morgan fingerprint density at radius 3 is 2.39 bits per heavy atom. The molecule has 28 heavy (non-hydrogen) atoms. The van der Waals surface area contributed by atoms with Gasteiger partial charge in [0.1, 0.15) is 0 Å². The average molecular weight is 405 g/mol. The number of rotatable bonds is 10. The lowest BCUT2D eigenvalue weighted by Crippen LogP contribution is -2.38. The molecule has 0 saturated heterocycles. The highest BCUT2D eigenvalue weighted by Crippen LogP contribution is 2.16. The molecule has 1 unspecified atom stereocenters. The highest BCUT2D eigenvalue weighted by molar-refractivity contribution is 7.89. The number of likely N-dealkylation sites (N-methyl/N-ethyl adjacent to an activating group) is 1. The van der Waals surface area contributed by atoms with Crippen molar-refractivity contribution in [2.45, 2.75) is 31.3 Å². The molecule has 0 radical (unpaired) electrons. The highest BCUT2D eigenvalue weighted by atomic mass is 32.2. The third-order valence-electron chi connectivity index (χ3n) is 4.38. The fraction of sp³-hybridized carbons (Fsp3) is 0.381. The number of hydrogen-bond acceptors (Lipinski definition) is 4. The summed E-state index contributed by atoms with van der Waals surface area (Å²) in [4.78, 5) is 12.2. The molecule has 6 nitrogen and oxygen atoms in total. The molecule has 2 aromatic carbocycles. The maximum absolute atomic E-state index is 12.5. The van der Waals surface area contributed by atoms with E-state index in [1.165, 1.54) is 7.05 Å². The van der Waals surface area contributed by atoms with E-state index in [-0.39, 0.29) is 23.5 Å². The predicted molar refractivity (Wildman–Crippen MR) is 109 cm³/mol. The number of nitrogens with one attached hydrogen (secondary N) is 1. The van der Waals surface area contributed by atoms with E-state index in [1.807, 2.05) is 44.2 Å². The van der Waals surface area contributed by atoms with Gasteiger partial charge in [-0.15, -0.1) is 0 Å². The Hall–Kier alpha value is -2.22. The lowest BCUT2D eigenvalue weighted by atomic mass is 10.1. The Kier molecular flexibility index (Phi) is 8.17. The molecule has 0 spiro atoms. The third-order valence-corrected chi connectivity index (χ3v) is 6.19. The summed E-state index contributed by atoms with van der Waals surface area (Å²) >= 11 is 0. The minimum atomic E-state index is -3.68. The lowest BCUT2D eigenvalue weighted by molar-refractivity contribution is -0.121. The van der Waals surface area contributed by atoms with Gasteiger partial charge in [-0.3, -0.25) is 4.79 Å². The second-order valence-electron chi connectivity index (χ2n) is 6.70. The minimum Gasteiger partial charge on any atom is -0.374 e. The molecule has 0 bridgehead atoms. The summed E-state index contributed by atoms with van der Waals surface area (Å²) in [7, 11) is -2.28. The van der Waals surface area contributed by atoms with E-state index in [4.69, 9.17) is 4.74 Å². The summed E-state index contributed by atoms with van der Waals surface area (Å²) in [5.41, 5.74) is 2.08. The molecule has 1 N–H and O–H groups in total. The van der Waals surface area contributed by atoms with Gasteiger partial charge in [0.25, 0.3) is 0 Å². The van der Waals surface area contributed by atoms with E-state index in [9.17, 15) is 13.2 Å². The van der Waals surface area contributed by atoms with Crippen molar-refractivity contribution in [2.24, 2.45) is 0 Å². The lowest BCUT2D eigenvalue weighted by Gasteiger charge is -2.17. The van der Waals surface area contributed by atoms with E-state index < -0.39 is 10.0 Å². The van der Waals surface area contributed by atoms with Crippen LogP contribution in [0.1, 0.15) is 30.6 Å². The molecule has 7 heteroatoms. The van der Waals surface area contributed by atoms with Crippen molar-refractivity contribution in [3.63, 3.8) is 0 Å². The average Bonchev–Trinajstić information content (AvgIpc) is 2.68. The molecule has 0 aliphatic carbocycles. The quantitative estimate of drug-likeness (QED) is 0.618. The smallest absolute Gasteiger partial charge is 0.243 e. The Labute approximate surface area is 167 Å². The van der Waals surface area contributed by atoms with Crippen LogP contribution in [-0.4, -0.2) is 45.4 Å². The number of carbonyl (C=O) groups is 1. The van der Waals surface area contributed by atoms with Crippen molar-refractivity contribution in [1.82, 2.24) is 9.62 Å². The molecule has 0 saturated carbocycles. The Morgan fingerprint density at radius 2 is 1.75 bits per heavy atom. The van der Waals surface area contributed by atoms with Gasteiger partial charge in [-0.05, 0) is 38.0 Å². The van der Waals surface area contributed by atoms with E-state index >= 15 is 0 Å². The Morgan fingerprint density at radius 1 is 1.11 bits per heavy atom. The first-order chi connectivity index (χ1) is 13.3. The van der Waals surface area contributed by atoms with Crippen LogP contribution in [0.5, 0.6) is 0 Å². The number of nitrogens with zero attached hydrogens (tertiary/aromatic N) is 1. The van der Waals surface area contributed by atoms with Crippen molar-refractivity contribution in [3.8, 4) is 0 Å². The zero-order valence-corrected chi connectivity index (χ0v) is 17.4. The number of aryl methyl sites for hydroxylation is 1. The minimum absolute atomic E-state index is 0.0114. The van der Waals surface area contributed by atoms with Gasteiger partial charge in [-0.1, -0.05) is 48.0 Å². The number of benzene rings is 2. The summed E-state index contributed by atoms with van der Waals surface area (Å²) < 4.78 is 31.8. The van der Waals surface area contributed by atoms with Crippen LogP contribution in [0, 0.1) is 6.92 Å². The van der Waals surface area contributed by atoms with Gasteiger partial charge < -0.3 is 10.1 Å². The van der Waals surface area contributed by atoms with Gasteiger partial charge in [0.05, 0.1) is 17.5 Å². The van der Waals surface area contributed by atoms with Gasteiger partial charge in [0, 0.05) is 20.2 Å². The summed E-state index contributed by atoms with van der Waals surface area (Å²) in [5.74, 6) is -0.339. The van der Waals surface area contributed by atoms with Crippen LogP contribution in [-0.2, 0) is 19.6 Å². The molecule has 1 atom stereocenters. The van der Waals surface area contributed by atoms with Crippen LogP contribution in [0.15, 0.2) is 59.5 Å². The molecular formula is C21H28N2O4S. The first-order valence-corrected chi connectivity index (χ1v) is 10.7. The van der Waals surface area contributed by atoms with Crippen molar-refractivity contribution in [2.75, 3.05) is 26.7 Å². The molecule has 1 amide bonds. The Balaban J connectivity index is 1.71. The van der Waals surface area contributed by atoms with Crippen LogP contribution >= 0.6 is 0 Å². The zero-order valence-electron chi connectivity index (χ0n) is 16.6. The van der Waals surface area contributed by atoms with Crippen molar-refractivity contribution in [1.29, 1.82) is 0 Å². The standard InChI is InChI=1S/C21H28N2O4S/c1-17-10-12-20(13-11-17)28(25,26)23(3)16-21(24)22-14-7-15-27-18(2)19-8-5-4-6-9-19/h4-6,8-13,18H,7,14-16H2,1-3H3,(H,22,24). The molecule has 152 valence electrons. The summed E-state index contributed by atoms with van der Waals surface area (Å²) in [5, 5.41) is 2.73. The topological polar surface area (TPSA) is 75.7 Å². The van der Waals surface area contributed by atoms with Crippen LogP contribution in [0.25, 0.3) is 0 Å². The number of hydrogen-bond donors (Lipinski definition) is 1. The zero-order chi connectivity index (χ0) is 20.6. The van der Waals surface area contributed by atoms with Gasteiger partial charge >= 0.3 is 0 Å². The molecule has 0 fully saturated rings. The van der Waals surface area contributed by atoms with Gasteiger partial charge in [0.15, 0.2) is 0 Å². The van der Waals surface area contributed by atoms with Crippen LogP contribution in [0.4, 0.5) is 0 Å². The number of ether oxygens (including phenoxy) is 1. The van der Waals surface area contributed by atoms with E-state index in [0.29, 0.717) is 19.6 Å². The summed E-state index contributed by atoms with van der Waals surface area (Å²) in [6, 6.07) is 16.5. The summed E-state index contributed by atoms with van der Waals surface area (Å²) in [6.45, 7) is 4.58. The molecule has 0 aliphatic rings. The monoisotopic (exact) mass is 404 g/mol. The van der Waals surface area contributed by atoms with E-state index in [0.717, 1.165) is 15.4 Å². The third kappa shape index (κ3) is 6.44. The fourth-order valence-corrected chi connectivity index (χ4v) is 3.74. The van der Waals surface area contributed by atoms with E-state index in [1.54, 1.807) is 24.3 Å². The predicted octanol–water partition coefficient (Wildman–Crippen LogP) is 2.90. The molecule has 0 heterocycles. The SMILES string of the molecule is Cc1ccc(S(=O)(=O)N(C)CC(=O)NCCCOC(C)c2ccccc2)cc1. The first kappa shape index (κ1) is 22.1. The Bertz CT molecular complexity index is 852. The molecule has 0 aromatic heterocycles. The maximum Gasteiger partial charge on any atom is 0.243 e. The van der Waals surface area contributed by atoms with E-state index in [2.05, 4.69) is 5.32 Å². The van der Waals surface area contributed by atoms with Crippen molar-refractivity contribution < 1.29 is 17.9 Å². The van der Waals surface area contributed by atoms with Crippen LogP contribution in [0.2, 0.25) is 0 Å².